The zero-order chi connectivity index (χ0) is 15.8. The molecule has 0 aromatic carbocycles. The molecule has 7 heteroatoms. The molecule has 2 aromatic rings. The van der Waals surface area contributed by atoms with Gasteiger partial charge in [0.15, 0.2) is 4.34 Å². The number of hydrogen-bond acceptors (Lipinski definition) is 6. The largest absolute Gasteiger partial charge is 0.464 e. The molecule has 2 aliphatic rings. The van der Waals surface area contributed by atoms with E-state index in [1.54, 1.807) is 5.51 Å². The summed E-state index contributed by atoms with van der Waals surface area (Å²) in [6.45, 7) is 2.83. The standard InChI is InChI=1S/C16H19N3O2S2/c1-10-6-13(10)14-5-4-12(21-14)7-19(11-2-3-11)15(20)8-22-16-18-17-9-23-16/h4-5,9-11,13H,2-3,6-8H2,1H3/t10-,13+/m0/s1. The summed E-state index contributed by atoms with van der Waals surface area (Å²) in [7, 11) is 0. The molecule has 0 N–H and O–H groups in total. The summed E-state index contributed by atoms with van der Waals surface area (Å²) in [5, 5.41) is 7.77. The van der Waals surface area contributed by atoms with Crippen molar-refractivity contribution in [3.63, 3.8) is 0 Å². The Labute approximate surface area is 143 Å². The number of carbonyl (C=O) groups excluding carboxylic acids is 1. The van der Waals surface area contributed by atoms with E-state index in [9.17, 15) is 4.79 Å². The number of nitrogens with zero attached hydrogens (tertiary/aromatic N) is 3. The average molecular weight is 349 g/mol. The molecule has 0 aliphatic heterocycles. The topological polar surface area (TPSA) is 59.2 Å². The van der Waals surface area contributed by atoms with E-state index in [2.05, 4.69) is 23.2 Å². The number of rotatable bonds is 7. The Morgan fingerprint density at radius 1 is 1.48 bits per heavy atom. The quantitative estimate of drug-likeness (QED) is 0.716. The Kier molecular flexibility index (Phi) is 4.15. The Morgan fingerprint density at radius 3 is 2.96 bits per heavy atom. The van der Waals surface area contributed by atoms with E-state index in [1.165, 1.54) is 29.5 Å². The Morgan fingerprint density at radius 2 is 2.30 bits per heavy atom. The number of carbonyl (C=O) groups is 1. The zero-order valence-electron chi connectivity index (χ0n) is 13.0. The molecule has 2 saturated carbocycles. The van der Waals surface area contributed by atoms with Crippen molar-refractivity contribution in [2.75, 3.05) is 5.75 Å². The molecule has 0 unspecified atom stereocenters. The summed E-state index contributed by atoms with van der Waals surface area (Å²) in [5.74, 6) is 3.88. The predicted molar refractivity (Wildman–Crippen MR) is 89.4 cm³/mol. The van der Waals surface area contributed by atoms with E-state index < -0.39 is 0 Å². The van der Waals surface area contributed by atoms with Gasteiger partial charge >= 0.3 is 0 Å². The smallest absolute Gasteiger partial charge is 0.233 e. The second-order valence-electron chi connectivity index (χ2n) is 6.37. The first kappa shape index (κ1) is 15.2. The van der Waals surface area contributed by atoms with Gasteiger partial charge in [-0.25, -0.2) is 0 Å². The summed E-state index contributed by atoms with van der Waals surface area (Å²) >= 11 is 2.93. The van der Waals surface area contributed by atoms with Gasteiger partial charge < -0.3 is 9.32 Å². The molecule has 1 amide bonds. The van der Waals surface area contributed by atoms with E-state index in [1.807, 2.05) is 11.0 Å². The molecule has 0 saturated heterocycles. The van der Waals surface area contributed by atoms with E-state index in [0.29, 0.717) is 24.3 Å². The highest BCUT2D eigenvalue weighted by atomic mass is 32.2. The highest BCUT2D eigenvalue weighted by Crippen LogP contribution is 2.47. The van der Waals surface area contributed by atoms with E-state index >= 15 is 0 Å². The van der Waals surface area contributed by atoms with Crippen LogP contribution in [0.15, 0.2) is 26.4 Å². The van der Waals surface area contributed by atoms with Gasteiger partial charge in [0.1, 0.15) is 17.0 Å². The summed E-state index contributed by atoms with van der Waals surface area (Å²) in [4.78, 5) is 14.5. The minimum absolute atomic E-state index is 0.158. The first-order valence-electron chi connectivity index (χ1n) is 7.97. The maximum atomic E-state index is 12.5. The van der Waals surface area contributed by atoms with Crippen LogP contribution >= 0.6 is 23.1 Å². The molecule has 23 heavy (non-hydrogen) atoms. The fourth-order valence-corrected chi connectivity index (χ4v) is 4.18. The molecule has 0 radical (unpaired) electrons. The van der Waals surface area contributed by atoms with E-state index in [0.717, 1.165) is 34.6 Å². The van der Waals surface area contributed by atoms with E-state index in [4.69, 9.17) is 4.42 Å². The lowest BCUT2D eigenvalue weighted by Crippen LogP contribution is -2.33. The van der Waals surface area contributed by atoms with Crippen LogP contribution < -0.4 is 0 Å². The molecule has 2 atom stereocenters. The summed E-state index contributed by atoms with van der Waals surface area (Å²) in [6.07, 6.45) is 3.42. The molecule has 0 spiro atoms. The van der Waals surface area contributed by atoms with Crippen LogP contribution in [0.3, 0.4) is 0 Å². The Bertz CT molecular complexity index is 681. The molecule has 5 nitrogen and oxygen atoms in total. The Balaban J connectivity index is 1.37. The van der Waals surface area contributed by atoms with Crippen LogP contribution in [0.5, 0.6) is 0 Å². The van der Waals surface area contributed by atoms with Crippen molar-refractivity contribution in [1.82, 2.24) is 15.1 Å². The lowest BCUT2D eigenvalue weighted by atomic mass is 10.3. The second-order valence-corrected chi connectivity index (χ2v) is 8.43. The third-order valence-electron chi connectivity index (χ3n) is 4.45. The predicted octanol–water partition coefficient (Wildman–Crippen LogP) is 3.54. The van der Waals surface area contributed by atoms with Gasteiger partial charge in [-0.1, -0.05) is 30.0 Å². The van der Waals surface area contributed by atoms with Crippen molar-refractivity contribution in [3.05, 3.63) is 29.2 Å². The SMILES string of the molecule is C[C@H]1C[C@H]1c1ccc(CN(C(=O)CSc2nncs2)C2CC2)o1. The molecule has 2 aliphatic carbocycles. The number of thioether (sulfide) groups is 1. The van der Waals surface area contributed by atoms with E-state index in [-0.39, 0.29) is 5.91 Å². The number of furan rings is 1. The van der Waals surface area contributed by atoms with Crippen molar-refractivity contribution < 1.29 is 9.21 Å². The van der Waals surface area contributed by atoms with Crippen LogP contribution in [-0.2, 0) is 11.3 Å². The van der Waals surface area contributed by atoms with Gasteiger partial charge in [-0.15, -0.1) is 10.2 Å². The minimum Gasteiger partial charge on any atom is -0.464 e. The molecule has 2 fully saturated rings. The monoisotopic (exact) mass is 349 g/mol. The maximum Gasteiger partial charge on any atom is 0.233 e. The van der Waals surface area contributed by atoms with Gasteiger partial charge in [-0.05, 0) is 37.3 Å². The van der Waals surface area contributed by atoms with Gasteiger partial charge in [-0.3, -0.25) is 4.79 Å². The number of amides is 1. The van der Waals surface area contributed by atoms with Crippen molar-refractivity contribution in [2.45, 2.75) is 49.0 Å². The molecule has 122 valence electrons. The first-order valence-corrected chi connectivity index (χ1v) is 9.84. The molecular formula is C16H19N3O2S2. The minimum atomic E-state index is 0.158. The fraction of sp³-hybridized carbons (Fsp3) is 0.562. The highest BCUT2D eigenvalue weighted by molar-refractivity contribution is 8.01. The van der Waals surface area contributed by atoms with Crippen LogP contribution in [-0.4, -0.2) is 32.8 Å². The van der Waals surface area contributed by atoms with Gasteiger partial charge in [-0.2, -0.15) is 0 Å². The van der Waals surface area contributed by atoms with Crippen LogP contribution in [0, 0.1) is 5.92 Å². The lowest BCUT2D eigenvalue weighted by Gasteiger charge is -2.20. The second kappa shape index (κ2) is 6.28. The third kappa shape index (κ3) is 3.61. The molecular weight excluding hydrogens is 330 g/mol. The summed E-state index contributed by atoms with van der Waals surface area (Å²) in [6, 6.07) is 4.49. The maximum absolute atomic E-state index is 12.5. The normalized spacial score (nSPS) is 23.0. The fourth-order valence-electron chi connectivity index (χ4n) is 2.80. The van der Waals surface area contributed by atoms with Crippen LogP contribution in [0.4, 0.5) is 0 Å². The highest BCUT2D eigenvalue weighted by Gasteiger charge is 2.37. The number of aromatic nitrogens is 2. The Hall–Kier alpha value is -1.34. The third-order valence-corrected chi connectivity index (χ3v) is 6.30. The van der Waals surface area contributed by atoms with Crippen LogP contribution in [0.2, 0.25) is 0 Å². The molecule has 0 bridgehead atoms. The summed E-state index contributed by atoms with van der Waals surface area (Å²) < 4.78 is 6.81. The van der Waals surface area contributed by atoms with Gasteiger partial charge in [0.05, 0.1) is 12.3 Å². The van der Waals surface area contributed by atoms with Crippen molar-refractivity contribution in [2.24, 2.45) is 5.92 Å². The molecule has 2 aromatic heterocycles. The lowest BCUT2D eigenvalue weighted by molar-refractivity contribution is -0.129. The van der Waals surface area contributed by atoms with Gasteiger partial charge in [0, 0.05) is 12.0 Å². The first-order chi connectivity index (χ1) is 11.2. The van der Waals surface area contributed by atoms with Gasteiger partial charge in [0.25, 0.3) is 0 Å². The van der Waals surface area contributed by atoms with Crippen LogP contribution in [0.25, 0.3) is 0 Å². The summed E-state index contributed by atoms with van der Waals surface area (Å²) in [5.41, 5.74) is 1.69. The van der Waals surface area contributed by atoms with Crippen LogP contribution in [0.1, 0.15) is 43.6 Å². The zero-order valence-corrected chi connectivity index (χ0v) is 14.6. The molecule has 2 heterocycles. The average Bonchev–Trinajstić information content (AvgIpc) is 3.40. The van der Waals surface area contributed by atoms with Crippen molar-refractivity contribution in [1.29, 1.82) is 0 Å². The van der Waals surface area contributed by atoms with Gasteiger partial charge in [0.2, 0.25) is 5.91 Å². The van der Waals surface area contributed by atoms with Crippen molar-refractivity contribution in [3.8, 4) is 0 Å². The number of hydrogen-bond donors (Lipinski definition) is 0. The van der Waals surface area contributed by atoms with Crippen molar-refractivity contribution >= 4 is 29.0 Å². The molecule has 4 rings (SSSR count).